The van der Waals surface area contributed by atoms with Crippen molar-refractivity contribution in [1.82, 2.24) is 24.8 Å². The molecule has 1 amide bonds. The second-order valence-electron chi connectivity index (χ2n) is 7.86. The number of nitrogens with zero attached hydrogens (tertiary/aromatic N) is 5. The first-order valence-corrected chi connectivity index (χ1v) is 11.6. The number of carbonyl (C=O) groups is 1. The van der Waals surface area contributed by atoms with E-state index in [4.69, 9.17) is 4.74 Å². The van der Waals surface area contributed by atoms with E-state index in [1.165, 1.54) is 0 Å². The normalized spacial score (nSPS) is 13.9. The number of hydrogen-bond acceptors (Lipinski definition) is 9. The summed E-state index contributed by atoms with van der Waals surface area (Å²) in [4.78, 5) is 32.7. The number of aromatic nitrogens is 4. The van der Waals surface area contributed by atoms with Gasteiger partial charge in [-0.15, -0.1) is 0 Å². The molecule has 0 bridgehead atoms. The fraction of sp³-hybridized carbons (Fsp3) is 0.375. The highest BCUT2D eigenvalue weighted by Gasteiger charge is 2.12. The van der Waals surface area contributed by atoms with Gasteiger partial charge in [-0.3, -0.25) is 9.69 Å². The summed E-state index contributed by atoms with van der Waals surface area (Å²) in [5.41, 5.74) is 1.21. The number of benzene rings is 1. The molecule has 178 valence electrons. The highest BCUT2D eigenvalue weighted by molar-refractivity contribution is 6.04. The molecular weight excluding hydrogens is 432 g/mol. The van der Waals surface area contributed by atoms with E-state index in [0.717, 1.165) is 51.5 Å². The number of pyridine rings is 1. The first kappa shape index (κ1) is 23.5. The number of carbonyl (C=O) groups excluding carboxylic acids is 1. The van der Waals surface area contributed by atoms with Crippen LogP contribution in [0.5, 0.6) is 0 Å². The maximum absolute atomic E-state index is 12.6. The van der Waals surface area contributed by atoms with Crippen LogP contribution in [0.1, 0.15) is 29.5 Å². The Kier molecular flexibility index (Phi) is 8.31. The highest BCUT2D eigenvalue weighted by atomic mass is 16.5. The molecule has 1 fully saturated rings. The lowest BCUT2D eigenvalue weighted by molar-refractivity contribution is 0.0378. The van der Waals surface area contributed by atoms with Gasteiger partial charge < -0.3 is 20.7 Å². The molecule has 10 nitrogen and oxygen atoms in total. The zero-order chi connectivity index (χ0) is 23.6. The summed E-state index contributed by atoms with van der Waals surface area (Å²) < 4.78 is 5.39. The lowest BCUT2D eigenvalue weighted by Crippen LogP contribution is -2.37. The Morgan fingerprint density at radius 3 is 2.65 bits per heavy atom. The van der Waals surface area contributed by atoms with Crippen molar-refractivity contribution in [3.8, 4) is 0 Å². The van der Waals surface area contributed by atoms with Gasteiger partial charge in [-0.1, -0.05) is 25.1 Å². The van der Waals surface area contributed by atoms with E-state index in [1.54, 1.807) is 18.3 Å². The van der Waals surface area contributed by atoms with Crippen LogP contribution in [-0.2, 0) is 11.2 Å². The van der Waals surface area contributed by atoms with Crippen LogP contribution < -0.4 is 16.0 Å². The largest absolute Gasteiger partial charge is 0.379 e. The standard InChI is InChI=1S/C24H30N8O2/c1-2-20-28-23(26-10-6-12-32-13-15-34-16-14-32)31-24(29-20)30-21-17-18(9-11-25-21)22(33)27-19-7-4-3-5-8-19/h3-5,7-9,11,17H,2,6,10,12-16H2,1H3,(H,27,33)(H2,25,26,28,29,30,31). The maximum atomic E-state index is 12.6. The molecule has 0 saturated carbocycles. The van der Waals surface area contributed by atoms with Gasteiger partial charge in [0.25, 0.3) is 5.91 Å². The molecular formula is C24H30N8O2. The fourth-order valence-corrected chi connectivity index (χ4v) is 3.52. The van der Waals surface area contributed by atoms with Gasteiger partial charge in [-0.2, -0.15) is 15.0 Å². The van der Waals surface area contributed by atoms with Crippen LogP contribution in [0.2, 0.25) is 0 Å². The van der Waals surface area contributed by atoms with E-state index >= 15 is 0 Å². The third-order valence-electron chi connectivity index (χ3n) is 5.33. The van der Waals surface area contributed by atoms with Crippen molar-refractivity contribution >= 4 is 29.3 Å². The van der Waals surface area contributed by atoms with E-state index in [0.29, 0.717) is 35.5 Å². The zero-order valence-electron chi connectivity index (χ0n) is 19.3. The fourth-order valence-electron chi connectivity index (χ4n) is 3.52. The average molecular weight is 463 g/mol. The summed E-state index contributed by atoms with van der Waals surface area (Å²) in [6.45, 7) is 7.34. The lowest BCUT2D eigenvalue weighted by atomic mass is 10.2. The molecule has 0 atom stereocenters. The molecule has 4 rings (SSSR count). The first-order valence-electron chi connectivity index (χ1n) is 11.6. The number of ether oxygens (including phenoxy) is 1. The van der Waals surface area contributed by atoms with Crippen molar-refractivity contribution in [1.29, 1.82) is 0 Å². The van der Waals surface area contributed by atoms with Crippen LogP contribution in [0.15, 0.2) is 48.7 Å². The van der Waals surface area contributed by atoms with Gasteiger partial charge >= 0.3 is 0 Å². The quantitative estimate of drug-likeness (QED) is 0.391. The minimum atomic E-state index is -0.218. The van der Waals surface area contributed by atoms with E-state index in [9.17, 15) is 4.79 Å². The number of hydrogen-bond donors (Lipinski definition) is 3. The molecule has 0 spiro atoms. The van der Waals surface area contributed by atoms with Crippen LogP contribution >= 0.6 is 0 Å². The molecule has 0 unspecified atom stereocenters. The molecule has 1 aliphatic heterocycles. The Balaban J connectivity index is 1.37. The third kappa shape index (κ3) is 6.93. The number of nitrogens with one attached hydrogen (secondary N) is 3. The second kappa shape index (κ2) is 12.0. The monoisotopic (exact) mass is 462 g/mol. The molecule has 3 heterocycles. The van der Waals surface area contributed by atoms with Gasteiger partial charge in [0.05, 0.1) is 13.2 Å². The zero-order valence-corrected chi connectivity index (χ0v) is 19.3. The van der Waals surface area contributed by atoms with E-state index in [-0.39, 0.29) is 5.91 Å². The topological polar surface area (TPSA) is 117 Å². The maximum Gasteiger partial charge on any atom is 0.255 e. The Morgan fingerprint density at radius 2 is 1.85 bits per heavy atom. The van der Waals surface area contributed by atoms with Crippen LogP contribution in [0.4, 0.5) is 23.4 Å². The molecule has 1 aromatic carbocycles. The molecule has 2 aromatic heterocycles. The average Bonchev–Trinajstić information content (AvgIpc) is 2.88. The summed E-state index contributed by atoms with van der Waals surface area (Å²) in [6.07, 6.45) is 3.23. The predicted molar refractivity (Wildman–Crippen MR) is 131 cm³/mol. The van der Waals surface area contributed by atoms with Gasteiger partial charge in [-0.05, 0) is 37.2 Å². The number of rotatable bonds is 10. The number of anilines is 4. The lowest BCUT2D eigenvalue weighted by Gasteiger charge is -2.26. The van der Waals surface area contributed by atoms with Crippen LogP contribution in [0.25, 0.3) is 0 Å². The Morgan fingerprint density at radius 1 is 1.06 bits per heavy atom. The van der Waals surface area contributed by atoms with Gasteiger partial charge in [0, 0.05) is 43.5 Å². The van der Waals surface area contributed by atoms with Crippen molar-refractivity contribution in [3.05, 3.63) is 60.0 Å². The van der Waals surface area contributed by atoms with Crippen molar-refractivity contribution in [2.24, 2.45) is 0 Å². The van der Waals surface area contributed by atoms with Crippen molar-refractivity contribution in [2.75, 3.05) is 55.3 Å². The summed E-state index contributed by atoms with van der Waals surface area (Å²) in [5.74, 6) is 1.84. The van der Waals surface area contributed by atoms with Crippen LogP contribution in [0, 0.1) is 0 Å². The summed E-state index contributed by atoms with van der Waals surface area (Å²) in [5, 5.41) is 9.28. The van der Waals surface area contributed by atoms with Crippen molar-refractivity contribution < 1.29 is 9.53 Å². The predicted octanol–water partition coefficient (Wildman–Crippen LogP) is 2.96. The number of aryl methyl sites for hydroxylation is 1. The second-order valence-corrected chi connectivity index (χ2v) is 7.86. The highest BCUT2D eigenvalue weighted by Crippen LogP contribution is 2.15. The summed E-state index contributed by atoms with van der Waals surface area (Å²) >= 11 is 0. The van der Waals surface area contributed by atoms with Gasteiger partial charge in [0.1, 0.15) is 11.6 Å². The van der Waals surface area contributed by atoms with Crippen molar-refractivity contribution in [3.63, 3.8) is 0 Å². The smallest absolute Gasteiger partial charge is 0.255 e. The molecule has 10 heteroatoms. The first-order chi connectivity index (χ1) is 16.7. The number of morpholine rings is 1. The molecule has 3 aromatic rings. The molecule has 34 heavy (non-hydrogen) atoms. The number of para-hydroxylation sites is 1. The molecule has 3 N–H and O–H groups in total. The molecule has 1 aliphatic rings. The van der Waals surface area contributed by atoms with Gasteiger partial charge in [0.2, 0.25) is 11.9 Å². The van der Waals surface area contributed by atoms with E-state index in [1.807, 2.05) is 37.3 Å². The van der Waals surface area contributed by atoms with Crippen LogP contribution in [0.3, 0.4) is 0 Å². The van der Waals surface area contributed by atoms with Crippen LogP contribution in [-0.4, -0.2) is 70.1 Å². The minimum Gasteiger partial charge on any atom is -0.379 e. The van der Waals surface area contributed by atoms with E-state index in [2.05, 4.69) is 40.8 Å². The van der Waals surface area contributed by atoms with E-state index < -0.39 is 0 Å². The summed E-state index contributed by atoms with van der Waals surface area (Å²) in [6, 6.07) is 12.6. The molecule has 0 aliphatic carbocycles. The van der Waals surface area contributed by atoms with Crippen molar-refractivity contribution in [2.45, 2.75) is 19.8 Å². The Bertz CT molecular complexity index is 1070. The third-order valence-corrected chi connectivity index (χ3v) is 5.33. The SMILES string of the molecule is CCc1nc(NCCCN2CCOCC2)nc(Nc2cc(C(=O)Nc3ccccc3)ccn2)n1. The Labute approximate surface area is 199 Å². The van der Waals surface area contributed by atoms with Gasteiger partial charge in [-0.25, -0.2) is 4.98 Å². The number of amides is 1. The van der Waals surface area contributed by atoms with Gasteiger partial charge in [0.15, 0.2) is 0 Å². The molecule has 1 saturated heterocycles. The summed E-state index contributed by atoms with van der Waals surface area (Å²) in [7, 11) is 0. The molecule has 0 radical (unpaired) electrons. The minimum absolute atomic E-state index is 0.218. The Hall–Kier alpha value is -3.63.